The molecule has 1 aromatic rings. The molecule has 5 nitrogen and oxygen atoms in total. The first-order valence-electron chi connectivity index (χ1n) is 5.28. The third-order valence-corrected chi connectivity index (χ3v) is 2.46. The number of alkyl halides is 3. The van der Waals surface area contributed by atoms with Gasteiger partial charge in [-0.2, -0.15) is 18.3 Å². The van der Waals surface area contributed by atoms with Crippen molar-refractivity contribution in [2.75, 3.05) is 6.54 Å². The first kappa shape index (κ1) is 12.5. The van der Waals surface area contributed by atoms with Gasteiger partial charge in [-0.1, -0.05) is 0 Å². The summed E-state index contributed by atoms with van der Waals surface area (Å²) >= 11 is 0. The van der Waals surface area contributed by atoms with Gasteiger partial charge >= 0.3 is 12.2 Å². The maximum Gasteiger partial charge on any atom is 0.405 e. The molecule has 0 spiro atoms. The summed E-state index contributed by atoms with van der Waals surface area (Å²) in [5, 5.41) is 5.48. The molecule has 2 N–H and O–H groups in total. The summed E-state index contributed by atoms with van der Waals surface area (Å²) in [4.78, 5) is 11.1. The van der Waals surface area contributed by atoms with Gasteiger partial charge in [0, 0.05) is 19.2 Å². The third kappa shape index (κ3) is 3.02. The maximum absolute atomic E-state index is 11.8. The number of carbonyl (C=O) groups excluding carboxylic acids is 1. The number of halogens is 3. The van der Waals surface area contributed by atoms with Crippen LogP contribution in [-0.2, 0) is 6.54 Å². The molecule has 1 aliphatic rings. The number of rotatable bonds is 2. The normalized spacial score (nSPS) is 16.7. The molecule has 0 aliphatic carbocycles. The Morgan fingerprint density at radius 1 is 1.50 bits per heavy atom. The van der Waals surface area contributed by atoms with E-state index in [2.05, 4.69) is 10.5 Å². The van der Waals surface area contributed by atoms with Gasteiger partial charge in [0.2, 0.25) is 0 Å². The number of fused-ring (bicyclic) bond motifs is 1. The van der Waals surface area contributed by atoms with E-state index in [1.807, 2.05) is 22.9 Å². The van der Waals surface area contributed by atoms with Crippen molar-refractivity contribution < 1.29 is 18.0 Å². The van der Waals surface area contributed by atoms with E-state index < -0.39 is 18.8 Å². The molecule has 0 fully saturated rings. The summed E-state index contributed by atoms with van der Waals surface area (Å²) in [6.45, 7) is -0.618. The highest BCUT2D eigenvalue weighted by molar-refractivity contribution is 6.01. The van der Waals surface area contributed by atoms with Crippen LogP contribution in [0.5, 0.6) is 0 Å². The molecule has 0 aromatic carbocycles. The Morgan fingerprint density at radius 3 is 3.00 bits per heavy atom. The molecule has 2 amide bonds. The minimum Gasteiger partial charge on any atom is -0.346 e. The number of nitrogens with zero attached hydrogens (tertiary/aromatic N) is 2. The van der Waals surface area contributed by atoms with Crippen LogP contribution in [0.3, 0.4) is 0 Å². The summed E-state index contributed by atoms with van der Waals surface area (Å²) in [6, 6.07) is 2.71. The van der Waals surface area contributed by atoms with Crippen LogP contribution in [0.2, 0.25) is 0 Å². The molecule has 0 unspecified atom stereocenters. The summed E-state index contributed by atoms with van der Waals surface area (Å²) in [7, 11) is 0. The Hall–Kier alpha value is -1.99. The molecule has 0 saturated carbocycles. The first-order chi connectivity index (χ1) is 8.46. The van der Waals surface area contributed by atoms with E-state index in [1.54, 1.807) is 5.32 Å². The Labute approximate surface area is 101 Å². The Kier molecular flexibility index (Phi) is 3.26. The van der Waals surface area contributed by atoms with E-state index in [0.717, 1.165) is 12.2 Å². The van der Waals surface area contributed by atoms with Gasteiger partial charge in [-0.25, -0.2) is 10.2 Å². The molecule has 18 heavy (non-hydrogen) atoms. The van der Waals surface area contributed by atoms with Crippen molar-refractivity contribution in [3.63, 3.8) is 0 Å². The summed E-state index contributed by atoms with van der Waals surface area (Å²) < 4.78 is 37.4. The average molecular weight is 260 g/mol. The van der Waals surface area contributed by atoms with Crippen LogP contribution >= 0.6 is 0 Å². The SMILES string of the molecule is O=C(NCC(F)(F)F)NN=C1CCn2cccc21. The number of nitrogens with one attached hydrogen (secondary N) is 2. The number of carbonyl (C=O) groups is 1. The van der Waals surface area contributed by atoms with Crippen LogP contribution in [0.4, 0.5) is 18.0 Å². The molecular formula is C10H11F3N4O. The molecule has 1 aromatic heterocycles. The predicted octanol–water partition coefficient (Wildman–Crippen LogP) is 1.46. The van der Waals surface area contributed by atoms with Crippen LogP contribution in [0.1, 0.15) is 12.1 Å². The maximum atomic E-state index is 11.8. The zero-order chi connectivity index (χ0) is 13.2. The van der Waals surface area contributed by atoms with E-state index in [-0.39, 0.29) is 0 Å². The van der Waals surface area contributed by atoms with Gasteiger partial charge < -0.3 is 9.88 Å². The monoisotopic (exact) mass is 260 g/mol. The summed E-state index contributed by atoms with van der Waals surface area (Å²) in [6.07, 6.45) is -1.90. The molecule has 0 bridgehead atoms. The van der Waals surface area contributed by atoms with Gasteiger partial charge in [-0.05, 0) is 12.1 Å². The van der Waals surface area contributed by atoms with Gasteiger partial charge in [0.05, 0.1) is 11.4 Å². The van der Waals surface area contributed by atoms with Gasteiger partial charge in [0.15, 0.2) is 0 Å². The molecule has 2 heterocycles. The van der Waals surface area contributed by atoms with Gasteiger partial charge in [-0.15, -0.1) is 0 Å². The lowest BCUT2D eigenvalue weighted by Crippen LogP contribution is -2.39. The molecule has 2 rings (SSSR count). The number of aromatic nitrogens is 1. The number of hydrogen-bond donors (Lipinski definition) is 2. The molecule has 1 aliphatic heterocycles. The predicted molar refractivity (Wildman–Crippen MR) is 58.2 cm³/mol. The Balaban J connectivity index is 1.87. The molecule has 98 valence electrons. The van der Waals surface area contributed by atoms with Crippen LogP contribution < -0.4 is 10.7 Å². The molecular weight excluding hydrogens is 249 g/mol. The van der Waals surface area contributed by atoms with Crippen molar-refractivity contribution in [3.8, 4) is 0 Å². The van der Waals surface area contributed by atoms with Crippen LogP contribution in [0, 0.1) is 0 Å². The molecule has 0 radical (unpaired) electrons. The molecule has 0 saturated heterocycles. The highest BCUT2D eigenvalue weighted by Gasteiger charge is 2.27. The van der Waals surface area contributed by atoms with Crippen LogP contribution in [0.15, 0.2) is 23.4 Å². The second-order valence-electron chi connectivity index (χ2n) is 3.80. The number of amides is 2. The Bertz CT molecular complexity index is 478. The fourth-order valence-electron chi connectivity index (χ4n) is 1.68. The fraction of sp³-hybridized carbons (Fsp3) is 0.400. The quantitative estimate of drug-likeness (QED) is 0.777. The molecule has 8 heteroatoms. The van der Waals surface area contributed by atoms with Gasteiger partial charge in [0.1, 0.15) is 6.54 Å². The largest absolute Gasteiger partial charge is 0.405 e. The second-order valence-corrected chi connectivity index (χ2v) is 3.80. The first-order valence-corrected chi connectivity index (χ1v) is 5.28. The van der Waals surface area contributed by atoms with Crippen molar-refractivity contribution in [1.82, 2.24) is 15.3 Å². The van der Waals surface area contributed by atoms with Gasteiger partial charge in [-0.3, -0.25) is 0 Å². The average Bonchev–Trinajstić information content (AvgIpc) is 2.85. The number of hydrogen-bond acceptors (Lipinski definition) is 2. The number of hydrazone groups is 1. The minimum atomic E-state index is -4.42. The zero-order valence-corrected chi connectivity index (χ0v) is 9.29. The fourth-order valence-corrected chi connectivity index (χ4v) is 1.68. The van der Waals surface area contributed by atoms with E-state index >= 15 is 0 Å². The van der Waals surface area contributed by atoms with E-state index in [1.165, 1.54) is 0 Å². The van der Waals surface area contributed by atoms with Crippen molar-refractivity contribution in [3.05, 3.63) is 24.0 Å². The minimum absolute atomic E-state index is 0.649. The van der Waals surface area contributed by atoms with Crippen LogP contribution in [-0.4, -0.2) is 29.0 Å². The summed E-state index contributed by atoms with van der Waals surface area (Å²) in [5.74, 6) is 0. The lowest BCUT2D eigenvalue weighted by atomic mass is 10.2. The Morgan fingerprint density at radius 2 is 2.28 bits per heavy atom. The highest BCUT2D eigenvalue weighted by Crippen LogP contribution is 2.15. The zero-order valence-electron chi connectivity index (χ0n) is 9.29. The van der Waals surface area contributed by atoms with Crippen molar-refractivity contribution >= 4 is 11.7 Å². The lowest BCUT2D eigenvalue weighted by Gasteiger charge is -2.07. The van der Waals surface area contributed by atoms with Crippen molar-refractivity contribution in [1.29, 1.82) is 0 Å². The van der Waals surface area contributed by atoms with Crippen molar-refractivity contribution in [2.24, 2.45) is 5.10 Å². The number of aryl methyl sites for hydroxylation is 1. The highest BCUT2D eigenvalue weighted by atomic mass is 19.4. The van der Waals surface area contributed by atoms with E-state index in [4.69, 9.17) is 0 Å². The van der Waals surface area contributed by atoms with E-state index in [0.29, 0.717) is 12.1 Å². The lowest BCUT2D eigenvalue weighted by molar-refractivity contribution is -0.122. The third-order valence-electron chi connectivity index (χ3n) is 2.46. The van der Waals surface area contributed by atoms with E-state index in [9.17, 15) is 18.0 Å². The molecule has 0 atom stereocenters. The van der Waals surface area contributed by atoms with Crippen molar-refractivity contribution in [2.45, 2.75) is 19.1 Å². The number of urea groups is 1. The van der Waals surface area contributed by atoms with Gasteiger partial charge in [0.25, 0.3) is 0 Å². The topological polar surface area (TPSA) is 58.4 Å². The smallest absolute Gasteiger partial charge is 0.346 e. The second kappa shape index (κ2) is 4.71. The van der Waals surface area contributed by atoms with Crippen LogP contribution in [0.25, 0.3) is 0 Å². The summed E-state index contributed by atoms with van der Waals surface area (Å²) in [5.41, 5.74) is 3.57. The standard InChI is InChI=1S/C10H11F3N4O/c11-10(12,13)6-14-9(18)16-15-7-3-5-17-4-1-2-8(7)17/h1-2,4H,3,5-6H2,(H2,14,16,18).